The number of nitrogens with one attached hydrogen (secondary N) is 3. The first-order chi connectivity index (χ1) is 13.7. The predicted molar refractivity (Wildman–Crippen MR) is 111 cm³/mol. The number of rotatable bonds is 7. The van der Waals surface area contributed by atoms with Crippen LogP contribution in [0.25, 0.3) is 0 Å². The predicted octanol–water partition coefficient (Wildman–Crippen LogP) is 2.49. The third kappa shape index (κ3) is 5.02. The van der Waals surface area contributed by atoms with E-state index < -0.39 is 10.0 Å². The average molecular weight is 416 g/mol. The first-order valence-electron chi connectivity index (χ1n) is 9.44. The van der Waals surface area contributed by atoms with Crippen molar-refractivity contribution in [2.24, 2.45) is 5.92 Å². The van der Waals surface area contributed by atoms with Crippen LogP contribution in [0, 0.1) is 19.8 Å². The number of anilines is 1. The Bertz CT molecular complexity index is 1040. The van der Waals surface area contributed by atoms with Gasteiger partial charge in [0.1, 0.15) is 0 Å². The van der Waals surface area contributed by atoms with Gasteiger partial charge in [-0.05, 0) is 74.7 Å². The van der Waals surface area contributed by atoms with Gasteiger partial charge in [-0.3, -0.25) is 9.59 Å². The lowest BCUT2D eigenvalue weighted by molar-refractivity contribution is -0.117. The third-order valence-electron chi connectivity index (χ3n) is 5.06. The van der Waals surface area contributed by atoms with E-state index >= 15 is 0 Å². The van der Waals surface area contributed by atoms with E-state index in [0.29, 0.717) is 5.56 Å². The van der Waals surface area contributed by atoms with Gasteiger partial charge in [0.2, 0.25) is 15.9 Å². The second-order valence-electron chi connectivity index (χ2n) is 7.27. The summed E-state index contributed by atoms with van der Waals surface area (Å²) in [6.45, 7) is 3.77. The van der Waals surface area contributed by atoms with Crippen LogP contribution in [0.1, 0.15) is 39.9 Å². The maximum Gasteiger partial charge on any atom is 0.251 e. The third-order valence-corrected chi connectivity index (χ3v) is 6.60. The highest BCUT2D eigenvalue weighted by Gasteiger charge is 2.29. The molecule has 0 spiro atoms. The van der Waals surface area contributed by atoms with Gasteiger partial charge in [0, 0.05) is 23.7 Å². The van der Waals surface area contributed by atoms with E-state index in [0.717, 1.165) is 29.7 Å². The van der Waals surface area contributed by atoms with Crippen LogP contribution < -0.4 is 15.4 Å². The molecule has 1 aliphatic carbocycles. The quantitative estimate of drug-likeness (QED) is 0.646. The number of carbonyl (C=O) groups excluding carboxylic acids is 2. The molecule has 0 unspecified atom stereocenters. The molecule has 1 saturated carbocycles. The molecule has 154 valence electrons. The number of hydrogen-bond donors (Lipinski definition) is 3. The topological polar surface area (TPSA) is 104 Å². The molecule has 0 saturated heterocycles. The maximum absolute atomic E-state index is 12.6. The van der Waals surface area contributed by atoms with Crippen molar-refractivity contribution < 1.29 is 18.0 Å². The second kappa shape index (κ2) is 8.34. The van der Waals surface area contributed by atoms with E-state index in [1.165, 1.54) is 13.1 Å². The summed E-state index contributed by atoms with van der Waals surface area (Å²) in [7, 11) is -2.31. The smallest absolute Gasteiger partial charge is 0.251 e. The van der Waals surface area contributed by atoms with Gasteiger partial charge in [0.25, 0.3) is 5.91 Å². The maximum atomic E-state index is 12.6. The van der Waals surface area contributed by atoms with Crippen LogP contribution in [-0.4, -0.2) is 27.3 Å². The monoisotopic (exact) mass is 415 g/mol. The number of aryl methyl sites for hydroxylation is 1. The lowest BCUT2D eigenvalue weighted by Crippen LogP contribution is -2.25. The van der Waals surface area contributed by atoms with Gasteiger partial charge < -0.3 is 10.6 Å². The molecule has 29 heavy (non-hydrogen) atoms. The van der Waals surface area contributed by atoms with E-state index in [2.05, 4.69) is 15.4 Å². The SMILES string of the molecule is CNS(=O)(=O)c1cc(C(=O)NCc2ccc(NC(=O)C3CC3)cc2)cc(C)c1C. The summed E-state index contributed by atoms with van der Waals surface area (Å²) in [4.78, 5) is 24.4. The summed E-state index contributed by atoms with van der Waals surface area (Å²) in [6, 6.07) is 10.3. The summed E-state index contributed by atoms with van der Waals surface area (Å²) in [5, 5.41) is 5.68. The molecule has 0 aliphatic heterocycles. The number of amides is 2. The van der Waals surface area contributed by atoms with Crippen molar-refractivity contribution in [3.05, 3.63) is 58.7 Å². The highest BCUT2D eigenvalue weighted by Crippen LogP contribution is 2.30. The molecule has 3 N–H and O–H groups in total. The molecule has 2 aromatic carbocycles. The fourth-order valence-corrected chi connectivity index (χ4v) is 3.99. The Kier molecular flexibility index (Phi) is 6.04. The molecule has 1 fully saturated rings. The first-order valence-corrected chi connectivity index (χ1v) is 10.9. The fraction of sp³-hybridized carbons (Fsp3) is 0.333. The van der Waals surface area contributed by atoms with Crippen LogP contribution in [0.4, 0.5) is 5.69 Å². The summed E-state index contributed by atoms with van der Waals surface area (Å²) >= 11 is 0. The Hall–Kier alpha value is -2.71. The van der Waals surface area contributed by atoms with Crippen molar-refractivity contribution in [2.45, 2.75) is 38.1 Å². The van der Waals surface area contributed by atoms with E-state index in [1.807, 2.05) is 12.1 Å². The number of benzene rings is 2. The molecule has 0 atom stereocenters. The average Bonchev–Trinajstić information content (AvgIpc) is 3.54. The Morgan fingerprint density at radius 2 is 1.72 bits per heavy atom. The number of sulfonamides is 1. The van der Waals surface area contributed by atoms with Gasteiger partial charge in [-0.15, -0.1) is 0 Å². The van der Waals surface area contributed by atoms with Crippen LogP contribution in [0.5, 0.6) is 0 Å². The summed E-state index contributed by atoms with van der Waals surface area (Å²) in [5.41, 5.74) is 3.22. The van der Waals surface area contributed by atoms with Crippen molar-refractivity contribution in [3.8, 4) is 0 Å². The van der Waals surface area contributed by atoms with Crippen molar-refractivity contribution in [2.75, 3.05) is 12.4 Å². The molecular formula is C21H25N3O4S. The highest BCUT2D eigenvalue weighted by molar-refractivity contribution is 7.89. The van der Waals surface area contributed by atoms with Crippen molar-refractivity contribution in [3.63, 3.8) is 0 Å². The summed E-state index contributed by atoms with van der Waals surface area (Å²) < 4.78 is 26.7. The standard InChI is InChI=1S/C21H25N3O4S/c1-13-10-17(11-19(14(13)2)29(27,28)22-3)20(25)23-12-15-4-8-18(9-5-15)24-21(26)16-6-7-16/h4-5,8-11,16,22H,6-7,12H2,1-3H3,(H,23,25)(H,24,26). The first kappa shape index (κ1) is 21.0. The normalized spacial score (nSPS) is 13.8. The molecule has 1 aliphatic rings. The fourth-order valence-electron chi connectivity index (χ4n) is 2.93. The molecular weight excluding hydrogens is 390 g/mol. The molecule has 0 heterocycles. The van der Waals surface area contributed by atoms with Gasteiger partial charge in [-0.2, -0.15) is 0 Å². The van der Waals surface area contributed by atoms with Crippen molar-refractivity contribution >= 4 is 27.5 Å². The minimum absolute atomic E-state index is 0.0492. The second-order valence-corrected chi connectivity index (χ2v) is 9.12. The minimum Gasteiger partial charge on any atom is -0.348 e. The van der Waals surface area contributed by atoms with E-state index in [4.69, 9.17) is 0 Å². The Balaban J connectivity index is 1.67. The summed E-state index contributed by atoms with van der Waals surface area (Å²) in [6.07, 6.45) is 1.90. The zero-order valence-corrected chi connectivity index (χ0v) is 17.5. The Labute approximate surface area is 171 Å². The van der Waals surface area contributed by atoms with E-state index in [-0.39, 0.29) is 34.7 Å². The molecule has 2 aromatic rings. The summed E-state index contributed by atoms with van der Waals surface area (Å²) in [5.74, 6) is -0.163. The van der Waals surface area contributed by atoms with Crippen LogP contribution in [0.2, 0.25) is 0 Å². The highest BCUT2D eigenvalue weighted by atomic mass is 32.2. The molecule has 0 aromatic heterocycles. The van der Waals surface area contributed by atoms with Gasteiger partial charge in [-0.25, -0.2) is 13.1 Å². The van der Waals surface area contributed by atoms with Gasteiger partial charge >= 0.3 is 0 Å². The van der Waals surface area contributed by atoms with Crippen LogP contribution >= 0.6 is 0 Å². The molecule has 0 radical (unpaired) electrons. The number of carbonyl (C=O) groups is 2. The van der Waals surface area contributed by atoms with Crippen molar-refractivity contribution in [1.82, 2.24) is 10.0 Å². The zero-order valence-electron chi connectivity index (χ0n) is 16.7. The lowest BCUT2D eigenvalue weighted by atomic mass is 10.1. The van der Waals surface area contributed by atoms with Crippen LogP contribution in [-0.2, 0) is 21.4 Å². The zero-order chi connectivity index (χ0) is 21.2. The largest absolute Gasteiger partial charge is 0.348 e. The van der Waals surface area contributed by atoms with E-state index in [1.54, 1.807) is 32.0 Å². The molecule has 0 bridgehead atoms. The molecule has 2 amide bonds. The lowest BCUT2D eigenvalue weighted by Gasteiger charge is -2.13. The van der Waals surface area contributed by atoms with Gasteiger partial charge in [0.05, 0.1) is 4.90 Å². The van der Waals surface area contributed by atoms with Crippen LogP contribution in [0.15, 0.2) is 41.3 Å². The van der Waals surface area contributed by atoms with E-state index in [9.17, 15) is 18.0 Å². The van der Waals surface area contributed by atoms with Crippen LogP contribution in [0.3, 0.4) is 0 Å². The van der Waals surface area contributed by atoms with Gasteiger partial charge in [-0.1, -0.05) is 12.1 Å². The molecule has 3 rings (SSSR count). The Morgan fingerprint density at radius 1 is 1.07 bits per heavy atom. The van der Waals surface area contributed by atoms with Crippen molar-refractivity contribution in [1.29, 1.82) is 0 Å². The van der Waals surface area contributed by atoms with Gasteiger partial charge in [0.15, 0.2) is 0 Å². The molecule has 7 nitrogen and oxygen atoms in total. The molecule has 8 heteroatoms. The minimum atomic E-state index is -3.66. The Morgan fingerprint density at radius 3 is 2.31 bits per heavy atom. The number of hydrogen-bond acceptors (Lipinski definition) is 4.